The predicted octanol–water partition coefficient (Wildman–Crippen LogP) is 4.10. The zero-order valence-electron chi connectivity index (χ0n) is 9.78. The first-order chi connectivity index (χ1) is 8.24. The van der Waals surface area contributed by atoms with E-state index in [0.717, 1.165) is 30.9 Å². The van der Waals surface area contributed by atoms with E-state index >= 15 is 0 Å². The molecule has 0 aliphatic heterocycles. The average Bonchev–Trinajstić information content (AvgIpc) is 2.34. The minimum atomic E-state index is -1.62. The van der Waals surface area contributed by atoms with E-state index in [2.05, 4.69) is 0 Å². The van der Waals surface area contributed by atoms with Gasteiger partial charge < -0.3 is 5.11 Å². The lowest BCUT2D eigenvalue weighted by Gasteiger charge is -2.12. The number of allylic oxidation sites excluding steroid dienone is 1. The van der Waals surface area contributed by atoms with Crippen LogP contribution < -0.4 is 0 Å². The molecule has 0 heterocycles. The first-order valence-corrected chi connectivity index (χ1v) is 5.92. The Kier molecular flexibility index (Phi) is 6.48. The number of aliphatic hydroxyl groups excluding tert-OH is 1. The van der Waals surface area contributed by atoms with Crippen molar-refractivity contribution in [3.05, 3.63) is 48.1 Å². The smallest absolute Gasteiger partial charge is 0.266 e. The minimum Gasteiger partial charge on any atom is -0.396 e. The molecule has 1 N–H and O–H groups in total. The van der Waals surface area contributed by atoms with E-state index in [-0.39, 0.29) is 12.5 Å². The van der Waals surface area contributed by atoms with Crippen molar-refractivity contribution < 1.29 is 13.9 Å². The number of halogens is 2. The Morgan fingerprint density at radius 1 is 1.12 bits per heavy atom. The second kappa shape index (κ2) is 7.96. The molecule has 0 fully saturated rings. The van der Waals surface area contributed by atoms with Crippen LogP contribution in [0.25, 0.3) is 0 Å². The molecule has 0 spiro atoms. The van der Waals surface area contributed by atoms with Crippen molar-refractivity contribution in [2.24, 2.45) is 0 Å². The van der Waals surface area contributed by atoms with Crippen LogP contribution in [0.15, 0.2) is 42.5 Å². The van der Waals surface area contributed by atoms with Crippen LogP contribution in [0.4, 0.5) is 8.78 Å². The van der Waals surface area contributed by atoms with Gasteiger partial charge in [-0.05, 0) is 24.5 Å². The van der Waals surface area contributed by atoms with Crippen LogP contribution in [0.3, 0.4) is 0 Å². The molecule has 1 atom stereocenters. The summed E-state index contributed by atoms with van der Waals surface area (Å²) in [6, 6.07) is 9.34. The largest absolute Gasteiger partial charge is 0.396 e. The lowest BCUT2D eigenvalue weighted by molar-refractivity contribution is 0.282. The van der Waals surface area contributed by atoms with Gasteiger partial charge in [0.15, 0.2) is 0 Å². The lowest BCUT2D eigenvalue weighted by atomic mass is 9.93. The maximum atomic E-state index is 12.4. The second-order valence-electron chi connectivity index (χ2n) is 4.05. The molecule has 17 heavy (non-hydrogen) atoms. The fourth-order valence-corrected chi connectivity index (χ4v) is 1.85. The third-order valence-corrected chi connectivity index (χ3v) is 2.73. The average molecular weight is 240 g/mol. The van der Waals surface area contributed by atoms with Gasteiger partial charge in [0, 0.05) is 12.5 Å². The van der Waals surface area contributed by atoms with E-state index in [0.29, 0.717) is 6.42 Å². The molecule has 94 valence electrons. The topological polar surface area (TPSA) is 20.2 Å². The van der Waals surface area contributed by atoms with Crippen LogP contribution in [0.1, 0.15) is 37.2 Å². The van der Waals surface area contributed by atoms with Crippen molar-refractivity contribution in [3.8, 4) is 0 Å². The Hall–Kier alpha value is -1.22. The molecule has 0 aliphatic rings. The van der Waals surface area contributed by atoms with Gasteiger partial charge in [-0.3, -0.25) is 0 Å². The Labute approximate surface area is 101 Å². The maximum Gasteiger partial charge on any atom is 0.266 e. The summed E-state index contributed by atoms with van der Waals surface area (Å²) in [7, 11) is 0. The van der Waals surface area contributed by atoms with Gasteiger partial charge in [-0.25, -0.2) is 0 Å². The summed E-state index contributed by atoms with van der Waals surface area (Å²) in [6.07, 6.45) is 2.56. The third kappa shape index (κ3) is 5.59. The molecule has 0 saturated heterocycles. The highest BCUT2D eigenvalue weighted by Crippen LogP contribution is 2.25. The normalized spacial score (nSPS) is 12.2. The molecule has 1 rings (SSSR count). The van der Waals surface area contributed by atoms with Crippen molar-refractivity contribution >= 4 is 0 Å². The Morgan fingerprint density at radius 2 is 1.82 bits per heavy atom. The van der Waals surface area contributed by atoms with Crippen molar-refractivity contribution in [2.75, 3.05) is 6.61 Å². The zero-order valence-corrected chi connectivity index (χ0v) is 9.78. The third-order valence-electron chi connectivity index (χ3n) is 2.73. The van der Waals surface area contributed by atoms with Crippen molar-refractivity contribution in [2.45, 2.75) is 31.6 Å². The summed E-state index contributed by atoms with van der Waals surface area (Å²) in [4.78, 5) is 0. The monoisotopic (exact) mass is 240 g/mol. The van der Waals surface area contributed by atoms with E-state index in [1.807, 2.05) is 30.3 Å². The molecule has 1 aromatic rings. The molecule has 3 heteroatoms. The van der Waals surface area contributed by atoms with Gasteiger partial charge in [0.05, 0.1) is 0 Å². The standard InChI is InChI=1S/C14H18F2O/c15-14(16)11-13(9-5-2-6-10-17)12-7-3-1-4-8-12/h1,3-4,7-8,11,13,17H,2,5-6,9-10H2. The maximum absolute atomic E-state index is 12.4. The highest BCUT2D eigenvalue weighted by molar-refractivity contribution is 5.23. The Bertz CT molecular complexity index is 331. The van der Waals surface area contributed by atoms with Crippen molar-refractivity contribution in [1.29, 1.82) is 0 Å². The first-order valence-electron chi connectivity index (χ1n) is 5.92. The molecule has 0 aromatic heterocycles. The van der Waals surface area contributed by atoms with Crippen LogP contribution in [0.5, 0.6) is 0 Å². The molecular weight excluding hydrogens is 222 g/mol. The van der Waals surface area contributed by atoms with Gasteiger partial charge >= 0.3 is 0 Å². The van der Waals surface area contributed by atoms with Gasteiger partial charge in [-0.15, -0.1) is 0 Å². The lowest BCUT2D eigenvalue weighted by Crippen LogP contribution is -1.96. The summed E-state index contributed by atoms with van der Waals surface area (Å²) in [6.45, 7) is 0.170. The molecular formula is C14H18F2O. The zero-order chi connectivity index (χ0) is 12.5. The first kappa shape index (κ1) is 13.8. The van der Waals surface area contributed by atoms with Gasteiger partial charge in [-0.2, -0.15) is 8.78 Å². The summed E-state index contributed by atoms with van der Waals surface area (Å²) < 4.78 is 24.7. The van der Waals surface area contributed by atoms with E-state index in [1.165, 1.54) is 0 Å². The van der Waals surface area contributed by atoms with Crippen LogP contribution in [0, 0.1) is 0 Å². The van der Waals surface area contributed by atoms with E-state index in [1.54, 1.807) is 0 Å². The molecule has 0 amide bonds. The Balaban J connectivity index is 2.59. The van der Waals surface area contributed by atoms with Crippen LogP contribution in [0.2, 0.25) is 0 Å². The molecule has 0 radical (unpaired) electrons. The summed E-state index contributed by atoms with van der Waals surface area (Å²) in [5, 5.41) is 8.66. The quantitative estimate of drug-likeness (QED) is 0.711. The van der Waals surface area contributed by atoms with Gasteiger partial charge in [-0.1, -0.05) is 43.2 Å². The highest BCUT2D eigenvalue weighted by atomic mass is 19.3. The summed E-state index contributed by atoms with van der Waals surface area (Å²) >= 11 is 0. The van der Waals surface area contributed by atoms with E-state index in [4.69, 9.17) is 5.11 Å². The summed E-state index contributed by atoms with van der Waals surface area (Å²) in [5.74, 6) is -0.222. The van der Waals surface area contributed by atoms with Crippen LogP contribution >= 0.6 is 0 Å². The van der Waals surface area contributed by atoms with Gasteiger partial charge in [0.1, 0.15) is 0 Å². The number of aliphatic hydroxyl groups is 1. The molecule has 1 nitrogen and oxygen atoms in total. The Morgan fingerprint density at radius 3 is 2.41 bits per heavy atom. The molecule has 0 aliphatic carbocycles. The number of rotatable bonds is 7. The molecule has 1 unspecified atom stereocenters. The molecule has 0 saturated carbocycles. The summed E-state index contributed by atoms with van der Waals surface area (Å²) in [5.41, 5.74) is 0.921. The molecule has 0 bridgehead atoms. The number of hydrogen-bond donors (Lipinski definition) is 1. The van der Waals surface area contributed by atoms with Crippen molar-refractivity contribution in [1.82, 2.24) is 0 Å². The van der Waals surface area contributed by atoms with E-state index < -0.39 is 6.08 Å². The molecule has 1 aromatic carbocycles. The van der Waals surface area contributed by atoms with E-state index in [9.17, 15) is 8.78 Å². The highest BCUT2D eigenvalue weighted by Gasteiger charge is 2.09. The fraction of sp³-hybridized carbons (Fsp3) is 0.429. The van der Waals surface area contributed by atoms with Crippen molar-refractivity contribution in [3.63, 3.8) is 0 Å². The van der Waals surface area contributed by atoms with Gasteiger partial charge in [0.2, 0.25) is 0 Å². The second-order valence-corrected chi connectivity index (χ2v) is 4.05. The number of hydrogen-bond acceptors (Lipinski definition) is 1. The minimum absolute atomic E-state index is 0.170. The fourth-order valence-electron chi connectivity index (χ4n) is 1.85. The van der Waals surface area contributed by atoms with Crippen LogP contribution in [-0.4, -0.2) is 11.7 Å². The van der Waals surface area contributed by atoms with Crippen LogP contribution in [-0.2, 0) is 0 Å². The van der Waals surface area contributed by atoms with Gasteiger partial charge in [0.25, 0.3) is 6.08 Å². The number of unbranched alkanes of at least 4 members (excludes halogenated alkanes) is 2. The number of benzene rings is 1. The SMILES string of the molecule is OCCCCCC(C=C(F)F)c1ccccc1. The predicted molar refractivity (Wildman–Crippen MR) is 65.0 cm³/mol.